The second-order valence-electron chi connectivity index (χ2n) is 5.37. The van der Waals surface area contributed by atoms with E-state index in [0.29, 0.717) is 6.04 Å². The Morgan fingerprint density at radius 1 is 1.31 bits per heavy atom. The molecule has 0 radical (unpaired) electrons. The summed E-state index contributed by atoms with van der Waals surface area (Å²) < 4.78 is 0. The van der Waals surface area contributed by atoms with Crippen molar-refractivity contribution in [2.24, 2.45) is 0 Å². The van der Waals surface area contributed by atoms with E-state index in [9.17, 15) is 0 Å². The zero-order chi connectivity index (χ0) is 10.7. The summed E-state index contributed by atoms with van der Waals surface area (Å²) in [6, 6.07) is 2.15. The molecular formula is C12H17N3S. The smallest absolute Gasteiger partial charge is 0.183 e. The van der Waals surface area contributed by atoms with Crippen LogP contribution in [0.1, 0.15) is 42.3 Å². The van der Waals surface area contributed by atoms with E-state index in [-0.39, 0.29) is 0 Å². The summed E-state index contributed by atoms with van der Waals surface area (Å²) in [4.78, 5) is 8.89. The summed E-state index contributed by atoms with van der Waals surface area (Å²) >= 11 is 1.90. The van der Waals surface area contributed by atoms with E-state index in [1.807, 2.05) is 11.3 Å². The zero-order valence-electron chi connectivity index (χ0n) is 9.57. The van der Waals surface area contributed by atoms with Gasteiger partial charge >= 0.3 is 0 Å². The lowest BCUT2D eigenvalue weighted by molar-refractivity contribution is 0.226. The Kier molecular flexibility index (Phi) is 1.89. The van der Waals surface area contributed by atoms with E-state index >= 15 is 0 Å². The molecule has 0 amide bonds. The highest BCUT2D eigenvalue weighted by atomic mass is 32.1. The summed E-state index contributed by atoms with van der Waals surface area (Å²) in [5.74, 6) is 0. The lowest BCUT2D eigenvalue weighted by Crippen LogP contribution is -2.33. The molecule has 0 spiro atoms. The molecule has 2 unspecified atom stereocenters. The van der Waals surface area contributed by atoms with Crippen LogP contribution in [-0.4, -0.2) is 29.0 Å². The summed E-state index contributed by atoms with van der Waals surface area (Å²) in [5, 5.41) is 4.71. The quantitative estimate of drug-likeness (QED) is 0.853. The van der Waals surface area contributed by atoms with Crippen LogP contribution in [0.25, 0.3) is 0 Å². The number of anilines is 1. The van der Waals surface area contributed by atoms with E-state index in [2.05, 4.69) is 17.3 Å². The first-order chi connectivity index (χ1) is 7.81. The number of nitrogens with zero attached hydrogens (tertiary/aromatic N) is 2. The predicted molar refractivity (Wildman–Crippen MR) is 66.0 cm³/mol. The molecule has 4 heteroatoms. The molecule has 2 atom stereocenters. The first kappa shape index (κ1) is 9.42. The first-order valence-electron chi connectivity index (χ1n) is 6.29. The van der Waals surface area contributed by atoms with Gasteiger partial charge in [-0.25, -0.2) is 4.98 Å². The summed E-state index contributed by atoms with van der Waals surface area (Å²) in [5.41, 5.74) is 1.39. The van der Waals surface area contributed by atoms with Gasteiger partial charge in [0, 0.05) is 29.4 Å². The molecule has 1 aromatic heterocycles. The van der Waals surface area contributed by atoms with Crippen LogP contribution >= 0.6 is 11.3 Å². The molecule has 3 heterocycles. The first-order valence-corrected chi connectivity index (χ1v) is 7.11. The zero-order valence-corrected chi connectivity index (χ0v) is 10.4. The van der Waals surface area contributed by atoms with Gasteiger partial charge < -0.3 is 5.32 Å². The number of likely N-dealkylation sites (N-methyl/N-ethyl adjacent to an activating group) is 1. The van der Waals surface area contributed by atoms with Gasteiger partial charge in [-0.1, -0.05) is 0 Å². The Hall–Kier alpha value is -0.610. The Balaban J connectivity index is 1.67. The van der Waals surface area contributed by atoms with E-state index in [1.165, 1.54) is 42.9 Å². The van der Waals surface area contributed by atoms with Gasteiger partial charge in [0.1, 0.15) is 0 Å². The molecule has 3 nitrogen and oxygen atoms in total. The topological polar surface area (TPSA) is 28.2 Å². The van der Waals surface area contributed by atoms with Crippen LogP contribution in [0.3, 0.4) is 0 Å². The minimum atomic E-state index is 0.668. The van der Waals surface area contributed by atoms with Crippen molar-refractivity contribution in [3.8, 4) is 0 Å². The molecule has 0 aromatic carbocycles. The fourth-order valence-corrected chi connectivity index (χ4v) is 4.29. The molecule has 86 valence electrons. The predicted octanol–water partition coefficient (Wildman–Crippen LogP) is 2.41. The highest BCUT2D eigenvalue weighted by Crippen LogP contribution is 2.46. The third-order valence-electron chi connectivity index (χ3n) is 4.21. The molecule has 16 heavy (non-hydrogen) atoms. The molecule has 1 aliphatic carbocycles. The molecule has 1 N–H and O–H groups in total. The largest absolute Gasteiger partial charge is 0.359 e. The highest BCUT2D eigenvalue weighted by Gasteiger charge is 2.40. The maximum absolute atomic E-state index is 4.79. The van der Waals surface area contributed by atoms with Crippen LogP contribution in [0.5, 0.6) is 0 Å². The molecule has 2 aliphatic heterocycles. The van der Waals surface area contributed by atoms with Crippen molar-refractivity contribution in [1.29, 1.82) is 0 Å². The maximum Gasteiger partial charge on any atom is 0.183 e. The van der Waals surface area contributed by atoms with Crippen molar-refractivity contribution in [3.05, 3.63) is 10.6 Å². The molecule has 3 aliphatic rings. The van der Waals surface area contributed by atoms with Gasteiger partial charge in [-0.3, -0.25) is 4.90 Å². The molecule has 2 bridgehead atoms. The van der Waals surface area contributed by atoms with Crippen LogP contribution in [0.4, 0.5) is 5.13 Å². The van der Waals surface area contributed by atoms with Crippen LogP contribution in [0, 0.1) is 0 Å². The fourth-order valence-electron chi connectivity index (χ4n) is 3.03. The van der Waals surface area contributed by atoms with Crippen LogP contribution in [0.15, 0.2) is 0 Å². The number of aromatic nitrogens is 1. The van der Waals surface area contributed by atoms with Gasteiger partial charge in [-0.05, 0) is 32.7 Å². The van der Waals surface area contributed by atoms with E-state index in [0.717, 1.165) is 12.1 Å². The third-order valence-corrected chi connectivity index (χ3v) is 5.34. The van der Waals surface area contributed by atoms with Crippen molar-refractivity contribution in [1.82, 2.24) is 9.88 Å². The van der Waals surface area contributed by atoms with Crippen molar-refractivity contribution >= 4 is 16.5 Å². The fraction of sp³-hybridized carbons (Fsp3) is 0.750. The van der Waals surface area contributed by atoms with Crippen molar-refractivity contribution in [3.63, 3.8) is 0 Å². The molecule has 1 saturated heterocycles. The number of hydrogen-bond donors (Lipinski definition) is 1. The monoisotopic (exact) mass is 235 g/mol. The Morgan fingerprint density at radius 2 is 2.19 bits per heavy atom. The van der Waals surface area contributed by atoms with Gasteiger partial charge in [-0.2, -0.15) is 0 Å². The maximum atomic E-state index is 4.79. The summed E-state index contributed by atoms with van der Waals surface area (Å²) in [6.45, 7) is 0. The van der Waals surface area contributed by atoms with Crippen LogP contribution < -0.4 is 5.32 Å². The van der Waals surface area contributed by atoms with Gasteiger partial charge in [0.25, 0.3) is 0 Å². The van der Waals surface area contributed by atoms with Crippen molar-refractivity contribution in [2.75, 3.05) is 12.4 Å². The number of fused-ring (bicyclic) bond motifs is 4. The summed E-state index contributed by atoms with van der Waals surface area (Å²) in [7, 11) is 2.28. The molecule has 1 aromatic rings. The minimum absolute atomic E-state index is 0.668. The molecule has 4 rings (SSSR count). The Morgan fingerprint density at radius 3 is 3.00 bits per heavy atom. The van der Waals surface area contributed by atoms with Gasteiger partial charge in [0.15, 0.2) is 5.13 Å². The highest BCUT2D eigenvalue weighted by molar-refractivity contribution is 7.15. The average molecular weight is 235 g/mol. The second-order valence-corrected chi connectivity index (χ2v) is 6.40. The number of thiazole rings is 1. The number of nitrogens with one attached hydrogen (secondary N) is 1. The van der Waals surface area contributed by atoms with Crippen molar-refractivity contribution in [2.45, 2.75) is 50.2 Å². The van der Waals surface area contributed by atoms with E-state index in [4.69, 9.17) is 4.98 Å². The normalized spacial score (nSPS) is 32.8. The number of rotatable bonds is 2. The van der Waals surface area contributed by atoms with Gasteiger partial charge in [-0.15, -0.1) is 11.3 Å². The Labute approximate surface area is 99.9 Å². The minimum Gasteiger partial charge on any atom is -0.359 e. The van der Waals surface area contributed by atoms with Crippen LogP contribution in [0.2, 0.25) is 0 Å². The van der Waals surface area contributed by atoms with Crippen molar-refractivity contribution < 1.29 is 0 Å². The molecule has 1 saturated carbocycles. The average Bonchev–Trinajstić information content (AvgIpc) is 2.92. The second kappa shape index (κ2) is 3.20. The third kappa shape index (κ3) is 1.32. The lowest BCUT2D eigenvalue weighted by atomic mass is 10.1. The number of hydrogen-bond acceptors (Lipinski definition) is 4. The molecular weight excluding hydrogens is 218 g/mol. The van der Waals surface area contributed by atoms with Gasteiger partial charge in [0.05, 0.1) is 5.69 Å². The molecule has 2 fully saturated rings. The van der Waals surface area contributed by atoms with Gasteiger partial charge in [0.2, 0.25) is 0 Å². The Bertz CT molecular complexity index is 424. The lowest BCUT2D eigenvalue weighted by Gasteiger charge is -2.29. The summed E-state index contributed by atoms with van der Waals surface area (Å²) in [6.07, 6.45) is 6.52. The SMILES string of the molecule is CN1C2CCC1c1sc(NC3CC3)nc1C2. The standard InChI is InChI=1S/C12H17N3S/c1-15-8-4-5-10(15)11-9(6-8)14-12(16-11)13-7-2-3-7/h7-8,10H,2-6H2,1H3,(H,13,14). The van der Waals surface area contributed by atoms with E-state index < -0.39 is 0 Å². The van der Waals surface area contributed by atoms with E-state index in [1.54, 1.807) is 4.88 Å². The van der Waals surface area contributed by atoms with Crippen LogP contribution in [-0.2, 0) is 6.42 Å².